The second-order valence-electron chi connectivity index (χ2n) is 5.56. The molecule has 1 aromatic heterocycles. The number of aromatic nitrogens is 1. The summed E-state index contributed by atoms with van der Waals surface area (Å²) in [5.41, 5.74) is -0.746. The number of carbonyl (C=O) groups excluding carboxylic acids is 1. The fourth-order valence-corrected chi connectivity index (χ4v) is 3.25. The van der Waals surface area contributed by atoms with Gasteiger partial charge in [0.1, 0.15) is 5.82 Å². The molecule has 1 amide bonds. The predicted molar refractivity (Wildman–Crippen MR) is 92.9 cm³/mol. The number of rotatable bonds is 4. The molecule has 3 aromatic rings. The lowest BCUT2D eigenvalue weighted by molar-refractivity contribution is -0.140. The van der Waals surface area contributed by atoms with E-state index in [1.54, 1.807) is 11.9 Å². The molecule has 0 aliphatic rings. The molecule has 26 heavy (non-hydrogen) atoms. The molecule has 136 valence electrons. The molecule has 0 spiro atoms. The lowest BCUT2D eigenvalue weighted by Crippen LogP contribution is -2.30. The van der Waals surface area contributed by atoms with Gasteiger partial charge in [-0.15, -0.1) is 0 Å². The van der Waals surface area contributed by atoms with Crippen molar-refractivity contribution in [1.29, 1.82) is 0 Å². The first kappa shape index (κ1) is 18.1. The van der Waals surface area contributed by atoms with E-state index in [1.807, 2.05) is 24.3 Å². The van der Waals surface area contributed by atoms with Crippen LogP contribution < -0.4 is 10.2 Å². The highest BCUT2D eigenvalue weighted by Gasteiger charge is 2.34. The molecule has 0 radical (unpaired) electrons. The van der Waals surface area contributed by atoms with Crippen LogP contribution in [0.1, 0.15) is 5.56 Å². The minimum absolute atomic E-state index is 0.113. The van der Waals surface area contributed by atoms with Crippen molar-refractivity contribution in [2.24, 2.45) is 0 Å². The fraction of sp³-hybridized carbons (Fsp3) is 0.176. The Hall–Kier alpha value is -2.68. The number of hydrogen-bond donors (Lipinski definition) is 1. The second-order valence-corrected chi connectivity index (χ2v) is 6.57. The van der Waals surface area contributed by atoms with Gasteiger partial charge in [0.2, 0.25) is 5.91 Å². The Balaban J connectivity index is 1.70. The number of anilines is 2. The number of hydrogen-bond acceptors (Lipinski definition) is 4. The topological polar surface area (TPSA) is 45.2 Å². The van der Waals surface area contributed by atoms with Gasteiger partial charge in [-0.25, -0.2) is 9.37 Å². The van der Waals surface area contributed by atoms with Crippen LogP contribution in [0.3, 0.4) is 0 Å². The van der Waals surface area contributed by atoms with E-state index in [9.17, 15) is 22.4 Å². The molecule has 1 heterocycles. The van der Waals surface area contributed by atoms with Gasteiger partial charge in [0.25, 0.3) is 0 Å². The number of alkyl halides is 3. The summed E-state index contributed by atoms with van der Waals surface area (Å²) < 4.78 is 52.4. The summed E-state index contributed by atoms with van der Waals surface area (Å²) in [7, 11) is 1.66. The van der Waals surface area contributed by atoms with Crippen molar-refractivity contribution in [2.75, 3.05) is 23.8 Å². The van der Waals surface area contributed by atoms with Crippen molar-refractivity contribution < 1.29 is 22.4 Å². The van der Waals surface area contributed by atoms with Gasteiger partial charge in [-0.3, -0.25) is 4.79 Å². The van der Waals surface area contributed by atoms with E-state index in [0.29, 0.717) is 17.3 Å². The van der Waals surface area contributed by atoms with Crippen molar-refractivity contribution in [2.45, 2.75) is 6.18 Å². The summed E-state index contributed by atoms with van der Waals surface area (Å²) in [5.74, 6) is -1.92. The molecular weight excluding hydrogens is 370 g/mol. The van der Waals surface area contributed by atoms with Crippen LogP contribution in [0.2, 0.25) is 0 Å². The monoisotopic (exact) mass is 383 g/mol. The quantitative estimate of drug-likeness (QED) is 0.674. The van der Waals surface area contributed by atoms with Gasteiger partial charge in [-0.1, -0.05) is 23.5 Å². The average molecular weight is 383 g/mol. The van der Waals surface area contributed by atoms with E-state index in [0.717, 1.165) is 16.3 Å². The van der Waals surface area contributed by atoms with Crippen LogP contribution in [0.5, 0.6) is 0 Å². The third-order valence-corrected chi connectivity index (χ3v) is 4.70. The molecule has 4 nitrogen and oxygen atoms in total. The largest absolute Gasteiger partial charge is 0.419 e. The van der Waals surface area contributed by atoms with Crippen molar-refractivity contribution in [3.05, 3.63) is 53.8 Å². The van der Waals surface area contributed by atoms with Crippen LogP contribution in [-0.2, 0) is 11.0 Å². The van der Waals surface area contributed by atoms with E-state index in [4.69, 9.17) is 0 Å². The van der Waals surface area contributed by atoms with Crippen LogP contribution in [0.15, 0.2) is 42.5 Å². The fourth-order valence-electron chi connectivity index (χ4n) is 2.33. The number of amides is 1. The maximum atomic E-state index is 13.3. The maximum absolute atomic E-state index is 13.3. The Labute approximate surface area is 150 Å². The van der Waals surface area contributed by atoms with Crippen LogP contribution in [-0.4, -0.2) is 24.5 Å². The summed E-state index contributed by atoms with van der Waals surface area (Å²) in [6, 6.07) is 9.82. The molecular formula is C17H13F4N3OS. The molecule has 0 saturated heterocycles. The molecule has 0 aliphatic heterocycles. The van der Waals surface area contributed by atoms with Crippen LogP contribution in [0.4, 0.5) is 28.4 Å². The number of para-hydroxylation sites is 1. The zero-order valence-corrected chi connectivity index (χ0v) is 14.3. The van der Waals surface area contributed by atoms with Gasteiger partial charge in [0, 0.05) is 12.7 Å². The molecule has 0 fully saturated rings. The first-order chi connectivity index (χ1) is 12.2. The Morgan fingerprint density at radius 2 is 1.96 bits per heavy atom. The van der Waals surface area contributed by atoms with Gasteiger partial charge in [-0.05, 0) is 30.3 Å². The van der Waals surface area contributed by atoms with Crippen molar-refractivity contribution in [3.8, 4) is 0 Å². The molecule has 0 atom stereocenters. The molecule has 0 aliphatic carbocycles. The molecule has 9 heteroatoms. The Bertz CT molecular complexity index is 922. The number of likely N-dealkylation sites (N-methyl/N-ethyl adjacent to an activating group) is 1. The minimum atomic E-state index is -4.83. The highest BCUT2D eigenvalue weighted by atomic mass is 32.1. The third-order valence-electron chi connectivity index (χ3n) is 3.55. The SMILES string of the molecule is CN(CC(=O)Nc1ccc(F)c(C(F)(F)F)c1)c1nc2ccccc2s1. The third kappa shape index (κ3) is 3.93. The normalized spacial score (nSPS) is 11.6. The summed E-state index contributed by atoms with van der Waals surface area (Å²) >= 11 is 1.40. The highest BCUT2D eigenvalue weighted by Crippen LogP contribution is 2.33. The van der Waals surface area contributed by atoms with Gasteiger partial charge in [0.05, 0.1) is 22.3 Å². The summed E-state index contributed by atoms with van der Waals surface area (Å²) in [5, 5.41) is 2.95. The lowest BCUT2D eigenvalue weighted by atomic mass is 10.2. The Kier molecular flexibility index (Phi) is 4.82. The zero-order valence-electron chi connectivity index (χ0n) is 13.5. The Morgan fingerprint density at radius 3 is 2.65 bits per heavy atom. The number of nitrogens with one attached hydrogen (secondary N) is 1. The number of carbonyl (C=O) groups is 1. The van der Waals surface area contributed by atoms with Gasteiger partial charge in [-0.2, -0.15) is 13.2 Å². The van der Waals surface area contributed by atoms with Gasteiger partial charge in [0.15, 0.2) is 5.13 Å². The van der Waals surface area contributed by atoms with Crippen LogP contribution >= 0.6 is 11.3 Å². The van der Waals surface area contributed by atoms with Crippen molar-refractivity contribution in [3.63, 3.8) is 0 Å². The van der Waals surface area contributed by atoms with E-state index in [1.165, 1.54) is 11.3 Å². The van der Waals surface area contributed by atoms with E-state index >= 15 is 0 Å². The number of thiazole rings is 1. The van der Waals surface area contributed by atoms with Gasteiger partial charge >= 0.3 is 6.18 Å². The van der Waals surface area contributed by atoms with Crippen molar-refractivity contribution in [1.82, 2.24) is 4.98 Å². The smallest absolute Gasteiger partial charge is 0.342 e. The summed E-state index contributed by atoms with van der Waals surface area (Å²) in [4.78, 5) is 18.1. The number of halogens is 4. The second kappa shape index (κ2) is 6.91. The number of nitrogens with zero attached hydrogens (tertiary/aromatic N) is 2. The van der Waals surface area contributed by atoms with E-state index in [2.05, 4.69) is 10.3 Å². The first-order valence-electron chi connectivity index (χ1n) is 7.47. The highest BCUT2D eigenvalue weighted by molar-refractivity contribution is 7.22. The number of benzene rings is 2. The van der Waals surface area contributed by atoms with Crippen molar-refractivity contribution >= 4 is 38.3 Å². The molecule has 0 bridgehead atoms. The lowest BCUT2D eigenvalue weighted by Gasteiger charge is -2.16. The standard InChI is InChI=1S/C17H13F4N3OS/c1-24(16-23-13-4-2-3-5-14(13)26-16)9-15(25)22-10-6-7-12(18)11(8-10)17(19,20)21/h2-8H,9H2,1H3,(H,22,25). The molecule has 0 unspecified atom stereocenters. The maximum Gasteiger partial charge on any atom is 0.419 e. The van der Waals surface area contributed by atoms with Gasteiger partial charge < -0.3 is 10.2 Å². The summed E-state index contributed by atoms with van der Waals surface area (Å²) in [6.45, 7) is -0.113. The minimum Gasteiger partial charge on any atom is -0.342 e. The van der Waals surface area contributed by atoms with E-state index < -0.39 is 23.5 Å². The number of fused-ring (bicyclic) bond motifs is 1. The Morgan fingerprint density at radius 1 is 1.23 bits per heavy atom. The molecule has 1 N–H and O–H groups in total. The molecule has 3 rings (SSSR count). The predicted octanol–water partition coefficient (Wildman–Crippen LogP) is 4.53. The summed E-state index contributed by atoms with van der Waals surface area (Å²) in [6.07, 6.45) is -4.83. The average Bonchev–Trinajstić information content (AvgIpc) is 2.99. The van der Waals surface area contributed by atoms with Crippen LogP contribution in [0, 0.1) is 5.82 Å². The van der Waals surface area contributed by atoms with Crippen LogP contribution in [0.25, 0.3) is 10.2 Å². The zero-order chi connectivity index (χ0) is 18.9. The molecule has 2 aromatic carbocycles. The van der Waals surface area contributed by atoms with E-state index in [-0.39, 0.29) is 12.2 Å². The molecule has 0 saturated carbocycles. The first-order valence-corrected chi connectivity index (χ1v) is 8.29.